The minimum Gasteiger partial charge on any atom is -0.495 e. The molecule has 0 aromatic heterocycles. The third kappa shape index (κ3) is 6.10. The molecule has 1 fully saturated rings. The van der Waals surface area contributed by atoms with Crippen LogP contribution in [-0.4, -0.2) is 31.7 Å². The molecule has 7 heteroatoms. The van der Waals surface area contributed by atoms with Gasteiger partial charge in [-0.3, -0.25) is 4.79 Å². The zero-order valence-electron chi connectivity index (χ0n) is 18.7. The topological polar surface area (TPSA) is 68.8 Å². The molecule has 0 saturated carbocycles. The molecule has 0 radical (unpaired) electrons. The second kappa shape index (κ2) is 10.5. The number of thioether (sulfide) groups is 1. The number of hydrogen-bond donors (Lipinski definition) is 2. The Hall–Kier alpha value is -2.80. The third-order valence-electron chi connectivity index (χ3n) is 4.51. The Bertz CT molecular complexity index is 959. The van der Waals surface area contributed by atoms with E-state index in [0.717, 1.165) is 22.6 Å². The van der Waals surface area contributed by atoms with Crippen LogP contribution in [0.2, 0.25) is 0 Å². The average Bonchev–Trinajstić information content (AvgIpc) is 3.06. The Kier molecular flexibility index (Phi) is 7.74. The van der Waals surface area contributed by atoms with Gasteiger partial charge in [0.1, 0.15) is 5.75 Å². The number of ether oxygens (including phenoxy) is 3. The van der Waals surface area contributed by atoms with Gasteiger partial charge in [-0.2, -0.15) is 0 Å². The number of aryl methyl sites for hydroxylation is 1. The maximum Gasteiger partial charge on any atom is 0.260 e. The van der Waals surface area contributed by atoms with E-state index < -0.39 is 0 Å². The fourth-order valence-corrected chi connectivity index (χ4v) is 4.03. The second-order valence-electron chi connectivity index (χ2n) is 7.67. The highest BCUT2D eigenvalue weighted by atomic mass is 32.2. The van der Waals surface area contributed by atoms with E-state index in [1.54, 1.807) is 7.11 Å². The Balaban J connectivity index is 1.75. The SMILES string of the molecule is CCOc1cc(/C=C2\SC(Nc3cc(C)ccc3OC)NC2=O)ccc1OCC(C)C. The van der Waals surface area contributed by atoms with Gasteiger partial charge in [0.15, 0.2) is 17.0 Å². The summed E-state index contributed by atoms with van der Waals surface area (Å²) in [6, 6.07) is 11.6. The zero-order chi connectivity index (χ0) is 22.4. The molecule has 1 heterocycles. The monoisotopic (exact) mass is 442 g/mol. The van der Waals surface area contributed by atoms with Crippen molar-refractivity contribution in [3.8, 4) is 17.2 Å². The van der Waals surface area contributed by atoms with E-state index in [0.29, 0.717) is 35.5 Å². The van der Waals surface area contributed by atoms with Crippen LogP contribution >= 0.6 is 11.8 Å². The van der Waals surface area contributed by atoms with Crippen LogP contribution in [0.15, 0.2) is 41.3 Å². The van der Waals surface area contributed by atoms with Gasteiger partial charge in [-0.15, -0.1) is 0 Å². The first-order valence-electron chi connectivity index (χ1n) is 10.4. The summed E-state index contributed by atoms with van der Waals surface area (Å²) in [5.74, 6) is 2.43. The fourth-order valence-electron chi connectivity index (χ4n) is 3.05. The summed E-state index contributed by atoms with van der Waals surface area (Å²) in [5, 5.41) is 6.30. The lowest BCUT2D eigenvalue weighted by Gasteiger charge is -2.16. The third-order valence-corrected chi connectivity index (χ3v) is 5.54. The molecule has 0 aliphatic carbocycles. The summed E-state index contributed by atoms with van der Waals surface area (Å²) in [7, 11) is 1.63. The molecular formula is C24H30N2O4S. The van der Waals surface area contributed by atoms with Gasteiger partial charge in [-0.05, 0) is 61.2 Å². The number of rotatable bonds is 9. The van der Waals surface area contributed by atoms with Crippen LogP contribution in [0.5, 0.6) is 17.2 Å². The molecule has 1 amide bonds. The van der Waals surface area contributed by atoms with Crippen molar-refractivity contribution in [1.29, 1.82) is 0 Å². The number of methoxy groups -OCH3 is 1. The molecule has 1 aliphatic heterocycles. The van der Waals surface area contributed by atoms with Crippen molar-refractivity contribution in [3.05, 3.63) is 52.4 Å². The Labute approximate surface area is 188 Å². The Morgan fingerprint density at radius 1 is 1.13 bits per heavy atom. The first kappa shape index (κ1) is 22.9. The molecule has 31 heavy (non-hydrogen) atoms. The molecule has 166 valence electrons. The molecule has 1 saturated heterocycles. The maximum atomic E-state index is 12.5. The average molecular weight is 443 g/mol. The maximum absolute atomic E-state index is 12.5. The van der Waals surface area contributed by atoms with Crippen LogP contribution in [-0.2, 0) is 4.79 Å². The molecule has 6 nitrogen and oxygen atoms in total. The van der Waals surface area contributed by atoms with Crippen molar-refractivity contribution in [3.63, 3.8) is 0 Å². The largest absolute Gasteiger partial charge is 0.495 e. The number of amides is 1. The van der Waals surface area contributed by atoms with E-state index in [4.69, 9.17) is 14.2 Å². The van der Waals surface area contributed by atoms with E-state index in [9.17, 15) is 4.79 Å². The van der Waals surface area contributed by atoms with E-state index in [-0.39, 0.29) is 11.4 Å². The lowest BCUT2D eigenvalue weighted by Crippen LogP contribution is -2.31. The van der Waals surface area contributed by atoms with Crippen LogP contribution in [0.25, 0.3) is 6.08 Å². The first-order chi connectivity index (χ1) is 14.9. The summed E-state index contributed by atoms with van der Waals surface area (Å²) in [6.45, 7) is 9.32. The predicted octanol–water partition coefficient (Wildman–Crippen LogP) is 5.04. The van der Waals surface area contributed by atoms with Crippen molar-refractivity contribution in [2.45, 2.75) is 33.2 Å². The molecule has 1 aliphatic rings. The highest BCUT2D eigenvalue weighted by Gasteiger charge is 2.28. The number of carbonyl (C=O) groups is 1. The fraction of sp³-hybridized carbons (Fsp3) is 0.375. The van der Waals surface area contributed by atoms with E-state index in [1.807, 2.05) is 56.3 Å². The van der Waals surface area contributed by atoms with Crippen molar-refractivity contribution < 1.29 is 19.0 Å². The quantitative estimate of drug-likeness (QED) is 0.531. The molecule has 2 aromatic carbocycles. The standard InChI is InChI=1S/C24H30N2O4S/c1-6-29-21-12-17(8-10-20(21)30-14-15(2)3)13-22-23(27)26-24(31-22)25-18-11-16(4)7-9-19(18)28-5/h7-13,15,24-25H,6,14H2,1-5H3,(H,26,27)/b22-13-. The number of hydrogen-bond acceptors (Lipinski definition) is 6. The minimum atomic E-state index is -0.283. The molecule has 1 atom stereocenters. The molecule has 3 rings (SSSR count). The predicted molar refractivity (Wildman–Crippen MR) is 127 cm³/mol. The van der Waals surface area contributed by atoms with Gasteiger partial charge in [-0.25, -0.2) is 0 Å². The summed E-state index contributed by atoms with van der Waals surface area (Å²) in [6.07, 6.45) is 1.86. The van der Waals surface area contributed by atoms with Gasteiger partial charge in [0.25, 0.3) is 5.91 Å². The molecule has 1 unspecified atom stereocenters. The van der Waals surface area contributed by atoms with Crippen molar-refractivity contribution in [1.82, 2.24) is 5.32 Å². The summed E-state index contributed by atoms with van der Waals surface area (Å²) in [5.41, 5.74) is 2.55. The molecular weight excluding hydrogens is 412 g/mol. The van der Waals surface area contributed by atoms with Crippen LogP contribution in [0, 0.1) is 12.8 Å². The van der Waals surface area contributed by atoms with Crippen molar-refractivity contribution in [2.75, 3.05) is 25.6 Å². The van der Waals surface area contributed by atoms with Gasteiger partial charge < -0.3 is 24.8 Å². The van der Waals surface area contributed by atoms with Gasteiger partial charge >= 0.3 is 0 Å². The van der Waals surface area contributed by atoms with Crippen LogP contribution < -0.4 is 24.8 Å². The number of anilines is 1. The normalized spacial score (nSPS) is 17.0. The van der Waals surface area contributed by atoms with Gasteiger partial charge in [-0.1, -0.05) is 37.7 Å². The van der Waals surface area contributed by atoms with Gasteiger partial charge in [0, 0.05) is 0 Å². The Morgan fingerprint density at radius 2 is 1.90 bits per heavy atom. The van der Waals surface area contributed by atoms with Crippen LogP contribution in [0.1, 0.15) is 31.9 Å². The summed E-state index contributed by atoms with van der Waals surface area (Å²) in [4.78, 5) is 13.2. The van der Waals surface area contributed by atoms with Crippen molar-refractivity contribution in [2.24, 2.45) is 5.92 Å². The summed E-state index contributed by atoms with van der Waals surface area (Å²) < 4.78 is 17.0. The molecule has 0 spiro atoms. The van der Waals surface area contributed by atoms with Gasteiger partial charge in [0.05, 0.1) is 30.9 Å². The molecule has 2 N–H and O–H groups in total. The lowest BCUT2D eigenvalue weighted by atomic mass is 10.2. The highest BCUT2D eigenvalue weighted by molar-refractivity contribution is 8.05. The second-order valence-corrected chi connectivity index (χ2v) is 8.82. The van der Waals surface area contributed by atoms with Gasteiger partial charge in [0.2, 0.25) is 0 Å². The molecule has 0 bridgehead atoms. The first-order valence-corrected chi connectivity index (χ1v) is 11.3. The van der Waals surface area contributed by atoms with E-state index >= 15 is 0 Å². The Morgan fingerprint density at radius 3 is 2.61 bits per heavy atom. The summed E-state index contributed by atoms with van der Waals surface area (Å²) >= 11 is 1.43. The number of benzene rings is 2. The number of nitrogens with one attached hydrogen (secondary N) is 2. The van der Waals surface area contributed by atoms with Crippen LogP contribution in [0.4, 0.5) is 5.69 Å². The zero-order valence-corrected chi connectivity index (χ0v) is 19.5. The smallest absolute Gasteiger partial charge is 0.260 e. The minimum absolute atomic E-state index is 0.118. The lowest BCUT2D eigenvalue weighted by molar-refractivity contribution is -0.116. The van der Waals surface area contributed by atoms with Crippen molar-refractivity contribution >= 4 is 29.4 Å². The number of carbonyl (C=O) groups excluding carboxylic acids is 1. The van der Waals surface area contributed by atoms with Crippen LogP contribution in [0.3, 0.4) is 0 Å². The van der Waals surface area contributed by atoms with E-state index in [2.05, 4.69) is 24.5 Å². The highest BCUT2D eigenvalue weighted by Crippen LogP contribution is 2.35. The van der Waals surface area contributed by atoms with E-state index in [1.165, 1.54) is 11.8 Å². The molecule has 2 aromatic rings.